The highest BCUT2D eigenvalue weighted by Gasteiger charge is 2.29. The summed E-state index contributed by atoms with van der Waals surface area (Å²) in [5.74, 6) is 0.934. The van der Waals surface area contributed by atoms with Crippen LogP contribution in [0.1, 0.15) is 41.6 Å². The number of anilines is 1. The van der Waals surface area contributed by atoms with E-state index in [0.717, 1.165) is 48.6 Å². The Bertz CT molecular complexity index is 949. The standard InChI is InChI=1S/C24H27ClN2O3S.ClH/c25-19-7-3-16(4-8-19)13-27-21-12-18(6-10-23(21)31-15-20(26)24(27)29)22(28)9-5-17-2-1-11-30-14-17;/h3-4,6-8,10,12,17,20H,1-2,5,9,11,13-15,26H2;1H/t17?,20-;/m0./s1. The molecule has 1 saturated heterocycles. The molecule has 2 aliphatic heterocycles. The van der Waals surface area contributed by atoms with Gasteiger partial charge in [-0.1, -0.05) is 29.8 Å². The van der Waals surface area contributed by atoms with Gasteiger partial charge >= 0.3 is 0 Å². The number of hydrogen-bond donors (Lipinski definition) is 1. The lowest BCUT2D eigenvalue weighted by molar-refractivity contribution is -0.119. The molecule has 2 aromatic carbocycles. The first kappa shape index (κ1) is 25.1. The first-order valence-electron chi connectivity index (χ1n) is 10.7. The molecule has 32 heavy (non-hydrogen) atoms. The molecule has 0 radical (unpaired) electrons. The molecule has 172 valence electrons. The molecule has 1 unspecified atom stereocenters. The number of halogens is 2. The molecule has 4 rings (SSSR count). The molecule has 0 aromatic heterocycles. The number of ether oxygens (including phenoxy) is 1. The van der Waals surface area contributed by atoms with Crippen molar-refractivity contribution in [2.24, 2.45) is 11.7 Å². The van der Waals surface area contributed by atoms with E-state index in [1.807, 2.05) is 42.5 Å². The van der Waals surface area contributed by atoms with E-state index in [1.165, 1.54) is 0 Å². The second-order valence-electron chi connectivity index (χ2n) is 8.20. The Morgan fingerprint density at radius 3 is 2.72 bits per heavy atom. The van der Waals surface area contributed by atoms with Crippen LogP contribution in [0.5, 0.6) is 0 Å². The number of Topliss-reactive ketones (excluding diaryl/α,β-unsaturated/α-hetero) is 1. The maximum atomic E-state index is 13.1. The van der Waals surface area contributed by atoms with E-state index in [9.17, 15) is 9.59 Å². The topological polar surface area (TPSA) is 72.6 Å². The minimum absolute atomic E-state index is 0. The van der Waals surface area contributed by atoms with Crippen LogP contribution in [0.3, 0.4) is 0 Å². The van der Waals surface area contributed by atoms with Crippen LogP contribution in [0.2, 0.25) is 5.02 Å². The van der Waals surface area contributed by atoms with E-state index >= 15 is 0 Å². The number of benzene rings is 2. The third kappa shape index (κ3) is 6.06. The van der Waals surface area contributed by atoms with Gasteiger partial charge in [0.2, 0.25) is 5.91 Å². The number of hydrogen-bond acceptors (Lipinski definition) is 5. The molecule has 8 heteroatoms. The van der Waals surface area contributed by atoms with E-state index in [2.05, 4.69) is 0 Å². The number of nitrogens with two attached hydrogens (primary N) is 1. The molecule has 2 N–H and O–H groups in total. The number of thioether (sulfide) groups is 1. The summed E-state index contributed by atoms with van der Waals surface area (Å²) in [6.45, 7) is 1.95. The molecule has 2 aliphatic rings. The van der Waals surface area contributed by atoms with Crippen LogP contribution in [0.25, 0.3) is 0 Å². The van der Waals surface area contributed by atoms with E-state index in [1.54, 1.807) is 16.7 Å². The van der Waals surface area contributed by atoms with E-state index in [0.29, 0.717) is 35.2 Å². The molecule has 1 fully saturated rings. The van der Waals surface area contributed by atoms with Crippen LogP contribution in [-0.2, 0) is 16.1 Å². The number of nitrogens with zero attached hydrogens (tertiary/aromatic N) is 1. The minimum atomic E-state index is -0.588. The van der Waals surface area contributed by atoms with Gasteiger partial charge in [-0.15, -0.1) is 24.2 Å². The highest BCUT2D eigenvalue weighted by Crippen LogP contribution is 2.36. The predicted molar refractivity (Wildman–Crippen MR) is 132 cm³/mol. The predicted octanol–water partition coefficient (Wildman–Crippen LogP) is 5.12. The minimum Gasteiger partial charge on any atom is -0.381 e. The molecule has 0 spiro atoms. The summed E-state index contributed by atoms with van der Waals surface area (Å²) in [7, 11) is 0. The SMILES string of the molecule is Cl.N[C@H]1CSc2ccc(C(=O)CCC3CCCOC3)cc2N(Cc2ccc(Cl)cc2)C1=O. The highest BCUT2D eigenvalue weighted by atomic mass is 35.5. The van der Waals surface area contributed by atoms with Crippen LogP contribution >= 0.6 is 35.8 Å². The van der Waals surface area contributed by atoms with Crippen LogP contribution in [0.15, 0.2) is 47.4 Å². The van der Waals surface area contributed by atoms with Gasteiger partial charge in [0, 0.05) is 40.9 Å². The molecule has 0 saturated carbocycles. The summed E-state index contributed by atoms with van der Waals surface area (Å²) >= 11 is 7.56. The fourth-order valence-corrected chi connectivity index (χ4v) is 5.15. The summed E-state index contributed by atoms with van der Waals surface area (Å²) in [5.41, 5.74) is 8.49. The zero-order valence-corrected chi connectivity index (χ0v) is 20.2. The number of carbonyl (C=O) groups is 2. The zero-order chi connectivity index (χ0) is 21.8. The lowest BCUT2D eigenvalue weighted by Crippen LogP contribution is -2.44. The Kier molecular flexibility index (Phi) is 9.03. The van der Waals surface area contributed by atoms with Crippen LogP contribution in [0.4, 0.5) is 5.69 Å². The van der Waals surface area contributed by atoms with Crippen molar-refractivity contribution in [1.82, 2.24) is 0 Å². The number of carbonyl (C=O) groups excluding carboxylic acids is 2. The maximum Gasteiger partial charge on any atom is 0.245 e. The number of rotatable bonds is 6. The van der Waals surface area contributed by atoms with Crippen LogP contribution < -0.4 is 10.6 Å². The summed E-state index contributed by atoms with van der Waals surface area (Å²) in [6, 6.07) is 12.5. The van der Waals surface area contributed by atoms with Crippen LogP contribution in [-0.4, -0.2) is 36.7 Å². The lowest BCUT2D eigenvalue weighted by Gasteiger charge is -2.25. The molecule has 0 aliphatic carbocycles. The van der Waals surface area contributed by atoms with Crippen molar-refractivity contribution < 1.29 is 14.3 Å². The largest absolute Gasteiger partial charge is 0.381 e. The quantitative estimate of drug-likeness (QED) is 0.564. The average molecular weight is 495 g/mol. The summed E-state index contributed by atoms with van der Waals surface area (Å²) in [4.78, 5) is 28.6. The molecular formula is C24H28Cl2N2O3S. The number of amides is 1. The van der Waals surface area contributed by atoms with Gasteiger partial charge in [0.25, 0.3) is 0 Å². The molecule has 1 amide bonds. The van der Waals surface area contributed by atoms with Gasteiger partial charge in [0.1, 0.15) is 0 Å². The van der Waals surface area contributed by atoms with Gasteiger partial charge in [0.15, 0.2) is 5.78 Å². The Labute approximate surface area is 204 Å². The number of fused-ring (bicyclic) bond motifs is 1. The van der Waals surface area contributed by atoms with Crippen molar-refractivity contribution in [3.63, 3.8) is 0 Å². The van der Waals surface area contributed by atoms with E-state index in [-0.39, 0.29) is 24.1 Å². The normalized spacial score (nSPS) is 20.8. The van der Waals surface area contributed by atoms with Gasteiger partial charge < -0.3 is 15.4 Å². The van der Waals surface area contributed by atoms with Crippen molar-refractivity contribution >= 4 is 53.1 Å². The molecule has 0 bridgehead atoms. The summed E-state index contributed by atoms with van der Waals surface area (Å²) in [5, 5.41) is 0.648. The highest BCUT2D eigenvalue weighted by molar-refractivity contribution is 7.99. The van der Waals surface area contributed by atoms with Gasteiger partial charge in [-0.2, -0.15) is 0 Å². The Morgan fingerprint density at radius 2 is 2.00 bits per heavy atom. The van der Waals surface area contributed by atoms with Crippen LogP contribution in [0, 0.1) is 5.92 Å². The molecule has 2 aromatic rings. The molecule has 5 nitrogen and oxygen atoms in total. The van der Waals surface area contributed by atoms with Crippen molar-refractivity contribution in [3.05, 3.63) is 58.6 Å². The summed E-state index contributed by atoms with van der Waals surface area (Å²) < 4.78 is 5.53. The third-order valence-corrected chi connectivity index (χ3v) is 7.30. The maximum absolute atomic E-state index is 13.1. The van der Waals surface area contributed by atoms with Crippen molar-refractivity contribution in [2.45, 2.75) is 43.2 Å². The molecule has 2 atom stereocenters. The molecular weight excluding hydrogens is 467 g/mol. The second-order valence-corrected chi connectivity index (χ2v) is 9.69. The van der Waals surface area contributed by atoms with Crippen molar-refractivity contribution in [2.75, 3.05) is 23.9 Å². The molecule has 2 heterocycles. The Hall–Kier alpha value is -1.57. The smallest absolute Gasteiger partial charge is 0.245 e. The van der Waals surface area contributed by atoms with E-state index < -0.39 is 6.04 Å². The Morgan fingerprint density at radius 1 is 1.22 bits per heavy atom. The Balaban J connectivity index is 0.00000289. The average Bonchev–Trinajstić information content (AvgIpc) is 2.91. The zero-order valence-electron chi connectivity index (χ0n) is 17.8. The fourth-order valence-electron chi connectivity index (χ4n) is 4.04. The summed E-state index contributed by atoms with van der Waals surface area (Å²) in [6.07, 6.45) is 3.51. The van der Waals surface area contributed by atoms with E-state index in [4.69, 9.17) is 22.1 Å². The monoisotopic (exact) mass is 494 g/mol. The van der Waals surface area contributed by atoms with Gasteiger partial charge in [-0.3, -0.25) is 9.59 Å². The van der Waals surface area contributed by atoms with Gasteiger partial charge in [0.05, 0.1) is 18.3 Å². The first-order chi connectivity index (χ1) is 15.0. The van der Waals surface area contributed by atoms with Crippen molar-refractivity contribution in [3.8, 4) is 0 Å². The fraction of sp³-hybridized carbons (Fsp3) is 0.417. The number of ketones is 1. The lowest BCUT2D eigenvalue weighted by atomic mass is 9.94. The first-order valence-corrected chi connectivity index (χ1v) is 12.1. The van der Waals surface area contributed by atoms with Gasteiger partial charge in [-0.25, -0.2) is 0 Å². The van der Waals surface area contributed by atoms with Gasteiger partial charge in [-0.05, 0) is 55.0 Å². The second kappa shape index (κ2) is 11.5. The van der Waals surface area contributed by atoms with Crippen molar-refractivity contribution in [1.29, 1.82) is 0 Å². The third-order valence-electron chi connectivity index (χ3n) is 5.86.